The van der Waals surface area contributed by atoms with Crippen LogP contribution in [0.3, 0.4) is 0 Å². The van der Waals surface area contributed by atoms with Gasteiger partial charge < -0.3 is 5.11 Å². The average Bonchev–Trinajstić information content (AvgIpc) is 2.61. The number of ketones is 1. The van der Waals surface area contributed by atoms with E-state index in [0.717, 1.165) is 28.4 Å². The van der Waals surface area contributed by atoms with Crippen LogP contribution in [0.25, 0.3) is 0 Å². The van der Waals surface area contributed by atoms with Gasteiger partial charge in [0.1, 0.15) is 0 Å². The summed E-state index contributed by atoms with van der Waals surface area (Å²) in [6.07, 6.45) is 1.16. The van der Waals surface area contributed by atoms with Crippen molar-refractivity contribution in [3.8, 4) is 0 Å². The third-order valence-corrected chi connectivity index (χ3v) is 4.98. The first-order valence-corrected chi connectivity index (χ1v) is 8.05. The molecule has 0 bridgehead atoms. The summed E-state index contributed by atoms with van der Waals surface area (Å²) < 4.78 is 0.948. The van der Waals surface area contributed by atoms with E-state index in [1.54, 1.807) is 0 Å². The second-order valence-corrected chi connectivity index (χ2v) is 7.70. The highest BCUT2D eigenvalue weighted by atomic mass is 79.9. The molecular formula is C17H23BrO2. The van der Waals surface area contributed by atoms with E-state index in [9.17, 15) is 9.90 Å². The van der Waals surface area contributed by atoms with Crippen LogP contribution in [0.15, 0.2) is 22.7 Å². The first-order chi connectivity index (χ1) is 9.24. The SMILES string of the molecule is CC(C)[C@@H](O)[C@H](C)C[C@]1(C)Cc2ccc(Br)cc2C1=O. The number of rotatable bonds is 4. The molecule has 3 heteroatoms. The third-order valence-electron chi connectivity index (χ3n) is 4.48. The molecule has 1 aromatic carbocycles. The van der Waals surface area contributed by atoms with E-state index in [2.05, 4.69) is 15.9 Å². The van der Waals surface area contributed by atoms with Crippen molar-refractivity contribution in [1.29, 1.82) is 0 Å². The summed E-state index contributed by atoms with van der Waals surface area (Å²) in [5.41, 5.74) is 1.60. The van der Waals surface area contributed by atoms with Crippen LogP contribution in [0.1, 0.15) is 50.0 Å². The minimum absolute atomic E-state index is 0.127. The normalized spacial score (nSPS) is 24.9. The summed E-state index contributed by atoms with van der Waals surface area (Å²) in [4.78, 5) is 12.7. The van der Waals surface area contributed by atoms with E-state index >= 15 is 0 Å². The summed E-state index contributed by atoms with van der Waals surface area (Å²) in [7, 11) is 0. The monoisotopic (exact) mass is 338 g/mol. The number of hydrogen-bond acceptors (Lipinski definition) is 2. The van der Waals surface area contributed by atoms with Crippen LogP contribution in [0.5, 0.6) is 0 Å². The molecule has 0 fully saturated rings. The van der Waals surface area contributed by atoms with Crippen LogP contribution >= 0.6 is 15.9 Å². The highest BCUT2D eigenvalue weighted by molar-refractivity contribution is 9.10. The van der Waals surface area contributed by atoms with Crippen molar-refractivity contribution in [3.63, 3.8) is 0 Å². The van der Waals surface area contributed by atoms with Gasteiger partial charge in [-0.3, -0.25) is 4.79 Å². The molecule has 0 amide bonds. The highest BCUT2D eigenvalue weighted by Gasteiger charge is 2.43. The number of aliphatic hydroxyl groups is 1. The molecule has 1 aromatic rings. The lowest BCUT2D eigenvalue weighted by Gasteiger charge is -2.30. The van der Waals surface area contributed by atoms with Gasteiger partial charge in [0, 0.05) is 15.5 Å². The van der Waals surface area contributed by atoms with Crippen molar-refractivity contribution >= 4 is 21.7 Å². The van der Waals surface area contributed by atoms with Crippen molar-refractivity contribution < 1.29 is 9.90 Å². The van der Waals surface area contributed by atoms with Gasteiger partial charge in [0.2, 0.25) is 0 Å². The van der Waals surface area contributed by atoms with E-state index in [-0.39, 0.29) is 29.1 Å². The maximum absolute atomic E-state index is 12.7. The van der Waals surface area contributed by atoms with Crippen molar-refractivity contribution in [2.75, 3.05) is 0 Å². The molecule has 0 unspecified atom stereocenters. The first-order valence-electron chi connectivity index (χ1n) is 7.26. The quantitative estimate of drug-likeness (QED) is 0.891. The fourth-order valence-electron chi connectivity index (χ4n) is 3.39. The molecule has 110 valence electrons. The van der Waals surface area contributed by atoms with Gasteiger partial charge in [-0.05, 0) is 42.4 Å². The maximum atomic E-state index is 12.7. The first kappa shape index (κ1) is 15.7. The lowest BCUT2D eigenvalue weighted by molar-refractivity contribution is 0.0447. The molecule has 20 heavy (non-hydrogen) atoms. The van der Waals surface area contributed by atoms with E-state index in [0.29, 0.717) is 0 Å². The largest absolute Gasteiger partial charge is 0.393 e. The fraction of sp³-hybridized carbons (Fsp3) is 0.588. The van der Waals surface area contributed by atoms with Crippen LogP contribution in [0, 0.1) is 17.3 Å². The zero-order chi connectivity index (χ0) is 15.1. The maximum Gasteiger partial charge on any atom is 0.169 e. The Labute approximate surface area is 129 Å². The van der Waals surface area contributed by atoms with Crippen molar-refractivity contribution in [1.82, 2.24) is 0 Å². The Bertz CT molecular complexity index is 524. The molecule has 0 aromatic heterocycles. The molecule has 0 saturated carbocycles. The minimum atomic E-state index is -0.377. The van der Waals surface area contributed by atoms with Gasteiger partial charge in [-0.2, -0.15) is 0 Å². The van der Waals surface area contributed by atoms with Gasteiger partial charge in [-0.1, -0.05) is 49.7 Å². The van der Waals surface area contributed by atoms with E-state index in [4.69, 9.17) is 0 Å². The van der Waals surface area contributed by atoms with Gasteiger partial charge in [0.05, 0.1) is 6.10 Å². The predicted molar refractivity (Wildman–Crippen MR) is 84.9 cm³/mol. The van der Waals surface area contributed by atoms with Crippen molar-refractivity contribution in [2.45, 2.75) is 46.6 Å². The number of Topliss-reactive ketones (excluding diaryl/α,β-unsaturated/α-hetero) is 1. The van der Waals surface area contributed by atoms with Gasteiger partial charge in [-0.25, -0.2) is 0 Å². The molecule has 3 atom stereocenters. The molecule has 0 spiro atoms. The molecule has 0 radical (unpaired) electrons. The number of hydrogen-bond donors (Lipinski definition) is 1. The van der Waals surface area contributed by atoms with Gasteiger partial charge in [0.25, 0.3) is 0 Å². The summed E-state index contributed by atoms with van der Waals surface area (Å²) in [5.74, 6) is 0.569. The van der Waals surface area contributed by atoms with E-state index in [1.807, 2.05) is 45.9 Å². The molecule has 0 aliphatic heterocycles. The topological polar surface area (TPSA) is 37.3 Å². The zero-order valence-corrected chi connectivity index (χ0v) is 14.2. The number of carbonyl (C=O) groups is 1. The van der Waals surface area contributed by atoms with Crippen LogP contribution < -0.4 is 0 Å². The number of carbonyl (C=O) groups excluding carboxylic acids is 1. The number of aliphatic hydroxyl groups excluding tert-OH is 1. The molecule has 0 saturated heterocycles. The summed E-state index contributed by atoms with van der Waals surface area (Å²) in [6.45, 7) is 8.12. The molecule has 0 heterocycles. The molecule has 1 aliphatic carbocycles. The molecule has 2 rings (SSSR count). The van der Waals surface area contributed by atoms with E-state index in [1.165, 1.54) is 0 Å². The summed E-state index contributed by atoms with van der Waals surface area (Å²) in [5, 5.41) is 10.2. The second-order valence-electron chi connectivity index (χ2n) is 6.78. The number of halogens is 1. The van der Waals surface area contributed by atoms with Crippen LogP contribution in [0.4, 0.5) is 0 Å². The fourth-order valence-corrected chi connectivity index (χ4v) is 3.75. The third kappa shape index (κ3) is 2.84. The Hall–Kier alpha value is -0.670. The summed E-state index contributed by atoms with van der Waals surface area (Å²) in [6, 6.07) is 5.95. The van der Waals surface area contributed by atoms with Crippen LogP contribution in [-0.2, 0) is 6.42 Å². The lowest BCUT2D eigenvalue weighted by Crippen LogP contribution is -2.33. The van der Waals surface area contributed by atoms with Crippen LogP contribution in [0.2, 0.25) is 0 Å². The molecule has 1 N–H and O–H groups in total. The minimum Gasteiger partial charge on any atom is -0.393 e. The second kappa shape index (κ2) is 5.61. The Morgan fingerprint density at radius 1 is 1.35 bits per heavy atom. The molecule has 1 aliphatic rings. The van der Waals surface area contributed by atoms with Crippen LogP contribution in [-0.4, -0.2) is 17.0 Å². The van der Waals surface area contributed by atoms with Crippen molar-refractivity contribution in [2.24, 2.45) is 17.3 Å². The Kier molecular flexibility index (Phi) is 4.41. The number of benzene rings is 1. The lowest BCUT2D eigenvalue weighted by atomic mass is 9.75. The molecular weight excluding hydrogens is 316 g/mol. The smallest absolute Gasteiger partial charge is 0.169 e. The molecule has 2 nitrogen and oxygen atoms in total. The Morgan fingerprint density at radius 2 is 2.00 bits per heavy atom. The van der Waals surface area contributed by atoms with Gasteiger partial charge in [-0.15, -0.1) is 0 Å². The van der Waals surface area contributed by atoms with Gasteiger partial charge >= 0.3 is 0 Å². The summed E-state index contributed by atoms with van der Waals surface area (Å²) >= 11 is 3.43. The predicted octanol–water partition coefficient (Wildman–Crippen LogP) is 4.24. The van der Waals surface area contributed by atoms with Gasteiger partial charge in [0.15, 0.2) is 5.78 Å². The number of fused-ring (bicyclic) bond motifs is 1. The standard InChI is InChI=1S/C17H23BrO2/c1-10(2)15(19)11(3)8-17(4)9-12-5-6-13(18)7-14(12)16(17)20/h5-7,10-11,15,19H,8-9H2,1-4H3/t11-,15-,17-/m1/s1. The highest BCUT2D eigenvalue weighted by Crippen LogP contribution is 2.42. The average molecular weight is 339 g/mol. The Balaban J connectivity index is 2.20. The zero-order valence-electron chi connectivity index (χ0n) is 12.6. The van der Waals surface area contributed by atoms with E-state index < -0.39 is 0 Å². The Morgan fingerprint density at radius 3 is 2.60 bits per heavy atom. The van der Waals surface area contributed by atoms with Crippen molar-refractivity contribution in [3.05, 3.63) is 33.8 Å².